The topological polar surface area (TPSA) is 30.3 Å². The van der Waals surface area contributed by atoms with Crippen LogP contribution in [0.1, 0.15) is 18.4 Å². The van der Waals surface area contributed by atoms with E-state index in [9.17, 15) is 0 Å². The first-order valence-corrected chi connectivity index (χ1v) is 6.12. The van der Waals surface area contributed by atoms with Crippen molar-refractivity contribution in [2.45, 2.75) is 18.9 Å². The Morgan fingerprint density at radius 3 is 2.24 bits per heavy atom. The van der Waals surface area contributed by atoms with E-state index in [4.69, 9.17) is 5.26 Å². The van der Waals surface area contributed by atoms with Crippen molar-refractivity contribution >= 4 is 5.69 Å². The molecule has 17 heavy (non-hydrogen) atoms. The van der Waals surface area contributed by atoms with E-state index in [2.05, 4.69) is 42.1 Å². The summed E-state index contributed by atoms with van der Waals surface area (Å²) in [6.07, 6.45) is 2.43. The van der Waals surface area contributed by atoms with Crippen molar-refractivity contribution in [2.75, 3.05) is 32.1 Å². The van der Waals surface area contributed by atoms with Gasteiger partial charge in [0.1, 0.15) is 0 Å². The minimum atomic E-state index is 0.713. The summed E-state index contributed by atoms with van der Waals surface area (Å²) in [7, 11) is 4.31. The molecule has 1 saturated heterocycles. The normalized spacial score (nSPS) is 17.2. The number of nitriles is 1. The van der Waals surface area contributed by atoms with E-state index in [1.54, 1.807) is 0 Å². The highest BCUT2D eigenvalue weighted by molar-refractivity contribution is 5.49. The minimum Gasteiger partial charge on any atom is -0.371 e. The molecule has 1 fully saturated rings. The van der Waals surface area contributed by atoms with Crippen LogP contribution >= 0.6 is 0 Å². The van der Waals surface area contributed by atoms with Crippen molar-refractivity contribution < 1.29 is 0 Å². The van der Waals surface area contributed by atoms with Crippen LogP contribution in [0.5, 0.6) is 0 Å². The zero-order valence-corrected chi connectivity index (χ0v) is 10.6. The zero-order chi connectivity index (χ0) is 12.3. The number of anilines is 1. The minimum absolute atomic E-state index is 0.713. The number of nitrogens with zero attached hydrogens (tertiary/aromatic N) is 3. The maximum Gasteiger partial charge on any atom is 0.0991 e. The first-order valence-electron chi connectivity index (χ1n) is 6.12. The van der Waals surface area contributed by atoms with E-state index in [0.717, 1.165) is 18.7 Å². The van der Waals surface area contributed by atoms with Gasteiger partial charge in [-0.15, -0.1) is 0 Å². The van der Waals surface area contributed by atoms with E-state index >= 15 is 0 Å². The average Bonchev–Trinajstić information content (AvgIpc) is 2.39. The van der Waals surface area contributed by atoms with Crippen LogP contribution in [0.2, 0.25) is 0 Å². The molecule has 1 aliphatic rings. The molecule has 2 rings (SSSR count). The van der Waals surface area contributed by atoms with Gasteiger partial charge in [-0.05, 0) is 51.2 Å². The summed E-state index contributed by atoms with van der Waals surface area (Å²) in [6, 6.07) is 10.8. The van der Waals surface area contributed by atoms with Crippen LogP contribution in [0.4, 0.5) is 5.69 Å². The van der Waals surface area contributed by atoms with Crippen molar-refractivity contribution in [1.29, 1.82) is 5.26 Å². The summed E-state index contributed by atoms with van der Waals surface area (Å²) < 4.78 is 0. The number of piperidine rings is 1. The monoisotopic (exact) mass is 229 g/mol. The lowest BCUT2D eigenvalue weighted by atomic mass is 10.0. The molecule has 3 heteroatoms. The van der Waals surface area contributed by atoms with Gasteiger partial charge in [0.05, 0.1) is 11.6 Å². The van der Waals surface area contributed by atoms with Crippen molar-refractivity contribution in [3.8, 4) is 6.07 Å². The SMILES string of the molecule is CN(C)C1CCN(c2ccc(C#N)cc2)CC1. The maximum atomic E-state index is 8.77. The van der Waals surface area contributed by atoms with E-state index in [1.165, 1.54) is 18.5 Å². The molecule has 0 amide bonds. The Kier molecular flexibility index (Phi) is 3.65. The molecule has 1 aliphatic heterocycles. The Bertz CT molecular complexity index is 394. The smallest absolute Gasteiger partial charge is 0.0991 e. The molecule has 0 N–H and O–H groups in total. The van der Waals surface area contributed by atoms with Crippen molar-refractivity contribution in [2.24, 2.45) is 0 Å². The third-order valence-electron chi connectivity index (χ3n) is 3.56. The fourth-order valence-electron chi connectivity index (χ4n) is 2.39. The van der Waals surface area contributed by atoms with Crippen LogP contribution in [-0.4, -0.2) is 38.1 Å². The lowest BCUT2D eigenvalue weighted by Crippen LogP contribution is -2.41. The molecule has 0 atom stereocenters. The molecule has 0 bridgehead atoms. The Balaban J connectivity index is 1.98. The molecule has 0 aromatic heterocycles. The third-order valence-corrected chi connectivity index (χ3v) is 3.56. The number of rotatable bonds is 2. The van der Waals surface area contributed by atoms with Gasteiger partial charge in [-0.3, -0.25) is 0 Å². The highest BCUT2D eigenvalue weighted by Gasteiger charge is 2.20. The average molecular weight is 229 g/mol. The molecule has 0 unspecified atom stereocenters. The molecular weight excluding hydrogens is 210 g/mol. The molecule has 3 nitrogen and oxygen atoms in total. The Morgan fingerprint density at radius 2 is 1.76 bits per heavy atom. The van der Waals surface area contributed by atoms with Gasteiger partial charge in [-0.1, -0.05) is 0 Å². The van der Waals surface area contributed by atoms with E-state index in [0.29, 0.717) is 6.04 Å². The molecule has 0 saturated carbocycles. The Hall–Kier alpha value is -1.53. The second kappa shape index (κ2) is 5.20. The summed E-state index contributed by atoms with van der Waals surface area (Å²) in [4.78, 5) is 4.72. The second-order valence-electron chi connectivity index (χ2n) is 4.84. The van der Waals surface area contributed by atoms with E-state index in [1.807, 2.05) is 12.1 Å². The van der Waals surface area contributed by atoms with Crippen LogP contribution in [0.3, 0.4) is 0 Å². The first-order chi connectivity index (χ1) is 8.20. The summed E-state index contributed by atoms with van der Waals surface area (Å²) in [6.45, 7) is 2.21. The number of hydrogen-bond acceptors (Lipinski definition) is 3. The lowest BCUT2D eigenvalue weighted by molar-refractivity contribution is 0.249. The quantitative estimate of drug-likeness (QED) is 0.778. The molecule has 0 radical (unpaired) electrons. The van der Waals surface area contributed by atoms with Gasteiger partial charge in [-0.2, -0.15) is 5.26 Å². The molecule has 1 aromatic carbocycles. The Morgan fingerprint density at radius 1 is 1.18 bits per heavy atom. The third kappa shape index (κ3) is 2.78. The van der Waals surface area contributed by atoms with Gasteiger partial charge in [0.25, 0.3) is 0 Å². The summed E-state index contributed by atoms with van der Waals surface area (Å²) in [5, 5.41) is 8.77. The largest absolute Gasteiger partial charge is 0.371 e. The van der Waals surface area contributed by atoms with Gasteiger partial charge in [0.2, 0.25) is 0 Å². The van der Waals surface area contributed by atoms with Gasteiger partial charge < -0.3 is 9.80 Å². The van der Waals surface area contributed by atoms with Gasteiger partial charge in [0, 0.05) is 24.8 Å². The van der Waals surface area contributed by atoms with Crippen LogP contribution in [0.15, 0.2) is 24.3 Å². The van der Waals surface area contributed by atoms with E-state index < -0.39 is 0 Å². The molecule has 1 heterocycles. The number of hydrogen-bond donors (Lipinski definition) is 0. The van der Waals surface area contributed by atoms with Gasteiger partial charge in [-0.25, -0.2) is 0 Å². The first kappa shape index (κ1) is 11.9. The predicted molar refractivity (Wildman–Crippen MR) is 70.1 cm³/mol. The van der Waals surface area contributed by atoms with Crippen molar-refractivity contribution in [1.82, 2.24) is 4.90 Å². The zero-order valence-electron chi connectivity index (χ0n) is 10.6. The predicted octanol–water partition coefficient (Wildman–Crippen LogP) is 2.09. The molecule has 0 spiro atoms. The van der Waals surface area contributed by atoms with Crippen LogP contribution < -0.4 is 4.90 Å². The van der Waals surface area contributed by atoms with Gasteiger partial charge in [0.15, 0.2) is 0 Å². The fraction of sp³-hybridized carbons (Fsp3) is 0.500. The molecule has 90 valence electrons. The molecule has 0 aliphatic carbocycles. The van der Waals surface area contributed by atoms with Crippen LogP contribution in [-0.2, 0) is 0 Å². The summed E-state index contributed by atoms with van der Waals surface area (Å²) in [5.74, 6) is 0. The van der Waals surface area contributed by atoms with Crippen molar-refractivity contribution in [3.63, 3.8) is 0 Å². The summed E-state index contributed by atoms with van der Waals surface area (Å²) >= 11 is 0. The fourth-order valence-corrected chi connectivity index (χ4v) is 2.39. The maximum absolute atomic E-state index is 8.77. The van der Waals surface area contributed by atoms with Crippen LogP contribution in [0.25, 0.3) is 0 Å². The highest BCUT2D eigenvalue weighted by atomic mass is 15.2. The Labute approximate surface area is 103 Å². The number of benzene rings is 1. The van der Waals surface area contributed by atoms with Gasteiger partial charge >= 0.3 is 0 Å². The van der Waals surface area contributed by atoms with E-state index in [-0.39, 0.29) is 0 Å². The van der Waals surface area contributed by atoms with Crippen LogP contribution in [0, 0.1) is 11.3 Å². The lowest BCUT2D eigenvalue weighted by Gasteiger charge is -2.36. The summed E-state index contributed by atoms with van der Waals surface area (Å²) in [5.41, 5.74) is 1.97. The highest BCUT2D eigenvalue weighted by Crippen LogP contribution is 2.21. The standard InChI is InChI=1S/C14H19N3/c1-16(2)13-7-9-17(10-8-13)14-5-3-12(11-15)4-6-14/h3-6,13H,7-10H2,1-2H3. The molecular formula is C14H19N3. The van der Waals surface area contributed by atoms with Crippen molar-refractivity contribution in [3.05, 3.63) is 29.8 Å². The molecule has 1 aromatic rings. The second-order valence-corrected chi connectivity index (χ2v) is 4.84.